The van der Waals surface area contributed by atoms with Crippen molar-refractivity contribution in [2.24, 2.45) is 11.8 Å². The lowest BCUT2D eigenvalue weighted by Gasteiger charge is -2.29. The Morgan fingerprint density at radius 2 is 2.14 bits per heavy atom. The summed E-state index contributed by atoms with van der Waals surface area (Å²) in [4.78, 5) is 0. The summed E-state index contributed by atoms with van der Waals surface area (Å²) in [6.07, 6.45) is 6.34. The average Bonchev–Trinajstić information content (AvgIpc) is 2.74. The summed E-state index contributed by atoms with van der Waals surface area (Å²) in [5, 5.41) is 3.48. The number of rotatable bonds is 4. The summed E-state index contributed by atoms with van der Waals surface area (Å²) in [5.41, 5.74) is 0. The molecule has 2 heterocycles. The molecule has 2 aliphatic heterocycles. The fourth-order valence-electron chi connectivity index (χ4n) is 3.12. The summed E-state index contributed by atoms with van der Waals surface area (Å²) < 4.78 is 5.91. The fraction of sp³-hybridized carbons (Fsp3) is 1.00. The second-order valence-electron chi connectivity index (χ2n) is 5.30. The van der Waals surface area contributed by atoms with Crippen molar-refractivity contribution in [2.45, 2.75) is 57.8 Å². The van der Waals surface area contributed by atoms with Gasteiger partial charge in [0.05, 0.1) is 12.2 Å². The Morgan fingerprint density at radius 3 is 2.57 bits per heavy atom. The summed E-state index contributed by atoms with van der Waals surface area (Å²) >= 11 is 0. The number of ether oxygens (including phenoxy) is 1. The first-order valence-electron chi connectivity index (χ1n) is 6.03. The first kappa shape index (κ1) is 10.4. The number of hydrogen-bond donors (Lipinski definition) is 1. The molecule has 4 unspecified atom stereocenters. The Morgan fingerprint density at radius 1 is 1.36 bits per heavy atom. The molecule has 2 rings (SSSR count). The highest BCUT2D eigenvalue weighted by Gasteiger charge is 2.43. The first-order chi connectivity index (χ1) is 6.70. The van der Waals surface area contributed by atoms with E-state index in [1.54, 1.807) is 0 Å². The van der Waals surface area contributed by atoms with Crippen LogP contribution in [0.2, 0.25) is 0 Å². The molecule has 0 aliphatic carbocycles. The second-order valence-corrected chi connectivity index (χ2v) is 5.30. The standard InChI is InChI=1S/C12H23NO/c1-8(2)6-11(13-3)10-7-9-4-5-12(10)14-9/h8-13H,4-7H2,1-3H3. The average molecular weight is 197 g/mol. The van der Waals surface area contributed by atoms with Gasteiger partial charge in [0.2, 0.25) is 0 Å². The predicted octanol–water partition coefficient (Wildman–Crippen LogP) is 2.19. The number of fused-ring (bicyclic) bond motifs is 2. The maximum atomic E-state index is 5.91. The van der Waals surface area contributed by atoms with E-state index in [0.29, 0.717) is 18.2 Å². The predicted molar refractivity (Wildman–Crippen MR) is 58.3 cm³/mol. The van der Waals surface area contributed by atoms with Gasteiger partial charge < -0.3 is 10.1 Å². The van der Waals surface area contributed by atoms with Crippen molar-refractivity contribution in [3.63, 3.8) is 0 Å². The lowest BCUT2D eigenvalue weighted by molar-refractivity contribution is 0.0845. The second kappa shape index (κ2) is 4.19. The van der Waals surface area contributed by atoms with Gasteiger partial charge in [-0.1, -0.05) is 13.8 Å². The van der Waals surface area contributed by atoms with E-state index < -0.39 is 0 Å². The van der Waals surface area contributed by atoms with Gasteiger partial charge >= 0.3 is 0 Å². The molecule has 14 heavy (non-hydrogen) atoms. The minimum Gasteiger partial charge on any atom is -0.375 e. The van der Waals surface area contributed by atoms with Gasteiger partial charge in [-0.15, -0.1) is 0 Å². The molecule has 4 atom stereocenters. The van der Waals surface area contributed by atoms with E-state index >= 15 is 0 Å². The van der Waals surface area contributed by atoms with Crippen LogP contribution in [0.5, 0.6) is 0 Å². The van der Waals surface area contributed by atoms with Crippen molar-refractivity contribution < 1.29 is 4.74 Å². The van der Waals surface area contributed by atoms with Crippen LogP contribution in [0.1, 0.15) is 39.5 Å². The Bertz CT molecular complexity index is 193. The molecule has 0 radical (unpaired) electrons. The van der Waals surface area contributed by atoms with Crippen molar-refractivity contribution in [3.05, 3.63) is 0 Å². The number of nitrogens with one attached hydrogen (secondary N) is 1. The quantitative estimate of drug-likeness (QED) is 0.746. The summed E-state index contributed by atoms with van der Waals surface area (Å²) in [5.74, 6) is 1.56. The Labute approximate surface area is 87.4 Å². The van der Waals surface area contributed by atoms with Crippen LogP contribution in [0.15, 0.2) is 0 Å². The third-order valence-electron chi connectivity index (χ3n) is 3.77. The smallest absolute Gasteiger partial charge is 0.0623 e. The zero-order chi connectivity index (χ0) is 10.1. The Hall–Kier alpha value is -0.0800. The van der Waals surface area contributed by atoms with Gasteiger partial charge in [0, 0.05) is 12.0 Å². The van der Waals surface area contributed by atoms with E-state index in [1.165, 1.54) is 25.7 Å². The molecule has 2 heteroatoms. The van der Waals surface area contributed by atoms with Gasteiger partial charge in [-0.05, 0) is 38.6 Å². The monoisotopic (exact) mass is 197 g/mol. The van der Waals surface area contributed by atoms with Crippen LogP contribution in [0, 0.1) is 11.8 Å². The van der Waals surface area contributed by atoms with Crippen LogP contribution in [-0.4, -0.2) is 25.3 Å². The van der Waals surface area contributed by atoms with Gasteiger partial charge in [-0.3, -0.25) is 0 Å². The molecule has 0 aromatic heterocycles. The van der Waals surface area contributed by atoms with Gasteiger partial charge in [0.25, 0.3) is 0 Å². The molecular formula is C12H23NO. The molecule has 2 bridgehead atoms. The lowest BCUT2D eigenvalue weighted by atomic mass is 9.81. The van der Waals surface area contributed by atoms with Gasteiger partial charge in [0.1, 0.15) is 0 Å². The maximum absolute atomic E-state index is 5.91. The highest BCUT2D eigenvalue weighted by atomic mass is 16.5. The SMILES string of the molecule is CNC(CC(C)C)C1CC2CCC1O2. The minimum atomic E-state index is 0.566. The molecule has 2 saturated heterocycles. The molecule has 0 spiro atoms. The van der Waals surface area contributed by atoms with Gasteiger partial charge in [0.15, 0.2) is 0 Å². The van der Waals surface area contributed by atoms with Gasteiger partial charge in [-0.25, -0.2) is 0 Å². The molecule has 2 aliphatic rings. The van der Waals surface area contributed by atoms with E-state index in [9.17, 15) is 0 Å². The van der Waals surface area contributed by atoms with Crippen LogP contribution in [-0.2, 0) is 4.74 Å². The molecule has 0 saturated carbocycles. The third kappa shape index (κ3) is 1.96. The molecule has 0 aromatic carbocycles. The molecule has 82 valence electrons. The lowest BCUT2D eigenvalue weighted by Crippen LogP contribution is -2.39. The highest BCUT2D eigenvalue weighted by Crippen LogP contribution is 2.41. The largest absolute Gasteiger partial charge is 0.375 e. The van der Waals surface area contributed by atoms with Gasteiger partial charge in [-0.2, -0.15) is 0 Å². The molecule has 1 N–H and O–H groups in total. The minimum absolute atomic E-state index is 0.566. The van der Waals surface area contributed by atoms with Crippen LogP contribution in [0.3, 0.4) is 0 Å². The Balaban J connectivity index is 1.92. The zero-order valence-electron chi connectivity index (χ0n) is 9.62. The third-order valence-corrected chi connectivity index (χ3v) is 3.77. The maximum Gasteiger partial charge on any atom is 0.0623 e. The van der Waals surface area contributed by atoms with Crippen LogP contribution >= 0.6 is 0 Å². The summed E-state index contributed by atoms with van der Waals surface area (Å²) in [7, 11) is 2.10. The molecule has 0 aromatic rings. The molecule has 2 fully saturated rings. The van der Waals surface area contributed by atoms with E-state index in [0.717, 1.165) is 11.8 Å². The van der Waals surface area contributed by atoms with E-state index in [4.69, 9.17) is 4.74 Å². The summed E-state index contributed by atoms with van der Waals surface area (Å²) in [6, 6.07) is 0.672. The number of hydrogen-bond acceptors (Lipinski definition) is 2. The molecule has 2 nitrogen and oxygen atoms in total. The molecule has 0 amide bonds. The van der Waals surface area contributed by atoms with Crippen LogP contribution in [0.25, 0.3) is 0 Å². The van der Waals surface area contributed by atoms with Crippen LogP contribution in [0.4, 0.5) is 0 Å². The van der Waals surface area contributed by atoms with E-state index in [2.05, 4.69) is 26.2 Å². The first-order valence-corrected chi connectivity index (χ1v) is 6.03. The molecular weight excluding hydrogens is 174 g/mol. The fourth-order valence-corrected chi connectivity index (χ4v) is 3.12. The zero-order valence-corrected chi connectivity index (χ0v) is 9.62. The van der Waals surface area contributed by atoms with Crippen molar-refractivity contribution in [1.29, 1.82) is 0 Å². The van der Waals surface area contributed by atoms with Crippen molar-refractivity contribution >= 4 is 0 Å². The normalized spacial score (nSPS) is 38.1. The summed E-state index contributed by atoms with van der Waals surface area (Å²) in [6.45, 7) is 4.61. The van der Waals surface area contributed by atoms with Crippen molar-refractivity contribution in [1.82, 2.24) is 5.32 Å². The van der Waals surface area contributed by atoms with Crippen molar-refractivity contribution in [2.75, 3.05) is 7.05 Å². The highest BCUT2D eigenvalue weighted by molar-refractivity contribution is 4.95. The Kier molecular flexibility index (Phi) is 3.13. The van der Waals surface area contributed by atoms with Crippen LogP contribution < -0.4 is 5.32 Å². The van der Waals surface area contributed by atoms with E-state index in [1.807, 2.05) is 0 Å². The van der Waals surface area contributed by atoms with E-state index in [-0.39, 0.29) is 0 Å². The van der Waals surface area contributed by atoms with Crippen molar-refractivity contribution in [3.8, 4) is 0 Å². The topological polar surface area (TPSA) is 21.3 Å².